The van der Waals surface area contributed by atoms with E-state index in [2.05, 4.69) is 15.4 Å². The fourth-order valence-corrected chi connectivity index (χ4v) is 3.49. The lowest BCUT2D eigenvalue weighted by Gasteiger charge is -2.17. The third kappa shape index (κ3) is 9.28. The number of aromatic amines is 1. The number of benzene rings is 1. The summed E-state index contributed by atoms with van der Waals surface area (Å²) in [5.41, 5.74) is 0.492. The largest absolute Gasteiger partial charge is 0.492 e. The molecule has 3 heterocycles. The highest BCUT2D eigenvalue weighted by Gasteiger charge is 2.24. The summed E-state index contributed by atoms with van der Waals surface area (Å²) in [7, 11) is 3.21. The number of halogens is 1. The number of nitrogens with one attached hydrogen (secondary N) is 2. The molecule has 2 N–H and O–H groups in total. The highest BCUT2D eigenvalue weighted by Crippen LogP contribution is 2.17. The maximum absolute atomic E-state index is 12.3. The summed E-state index contributed by atoms with van der Waals surface area (Å²) < 4.78 is 17.2. The number of ether oxygens (including phenoxy) is 3. The molecule has 37 heavy (non-hydrogen) atoms. The number of amides is 2. The van der Waals surface area contributed by atoms with Crippen LogP contribution >= 0.6 is 11.6 Å². The van der Waals surface area contributed by atoms with Crippen LogP contribution in [0.4, 0.5) is 5.69 Å². The smallest absolute Gasteiger partial charge is 0.253 e. The number of hydrogen-bond acceptors (Lipinski definition) is 7. The van der Waals surface area contributed by atoms with Crippen LogP contribution in [0.5, 0.6) is 11.6 Å². The molecule has 1 aliphatic heterocycles. The van der Waals surface area contributed by atoms with E-state index in [4.69, 9.17) is 25.8 Å². The first-order valence-electron chi connectivity index (χ1n) is 11.6. The van der Waals surface area contributed by atoms with Gasteiger partial charge in [-0.2, -0.15) is 5.10 Å². The minimum absolute atomic E-state index is 0.0504. The van der Waals surface area contributed by atoms with Crippen molar-refractivity contribution in [3.63, 3.8) is 0 Å². The lowest BCUT2D eigenvalue weighted by atomic mass is 10.2. The van der Waals surface area contributed by atoms with Gasteiger partial charge in [-0.15, -0.1) is 0 Å². The molecule has 0 radical (unpaired) electrons. The summed E-state index contributed by atoms with van der Waals surface area (Å²) in [4.78, 5) is 39.2. The van der Waals surface area contributed by atoms with E-state index in [-0.39, 0.29) is 23.8 Å². The molecule has 1 atom stereocenters. The van der Waals surface area contributed by atoms with Gasteiger partial charge in [-0.25, -0.2) is 0 Å². The molecule has 0 bridgehead atoms. The molecule has 2 aromatic heterocycles. The van der Waals surface area contributed by atoms with E-state index in [0.29, 0.717) is 42.1 Å². The Morgan fingerprint density at radius 2 is 2.16 bits per heavy atom. The lowest BCUT2D eigenvalue weighted by molar-refractivity contribution is -0.131. The van der Waals surface area contributed by atoms with Crippen molar-refractivity contribution in [2.75, 3.05) is 39.2 Å². The van der Waals surface area contributed by atoms with Gasteiger partial charge in [-0.3, -0.25) is 19.1 Å². The van der Waals surface area contributed by atoms with Crippen LogP contribution in [0, 0.1) is 0 Å². The number of methoxy groups -OCH3 is 1. The normalized spacial score (nSPS) is 14.3. The molecule has 1 unspecified atom stereocenters. The predicted molar refractivity (Wildman–Crippen MR) is 138 cm³/mol. The third-order valence-corrected chi connectivity index (χ3v) is 5.54. The highest BCUT2D eigenvalue weighted by atomic mass is 35.5. The molecule has 0 aliphatic carbocycles. The average Bonchev–Trinajstić information content (AvgIpc) is 3.57. The first-order valence-corrected chi connectivity index (χ1v) is 12.0. The number of likely N-dealkylation sites (N-methyl/N-ethyl adjacent to an activating group) is 1. The second-order valence-electron chi connectivity index (χ2n) is 8.13. The number of nitrogens with zero attached hydrogens (tertiary/aromatic N) is 3. The zero-order valence-corrected chi connectivity index (χ0v) is 21.4. The Kier molecular flexibility index (Phi) is 10.5. The molecule has 12 heteroatoms. The summed E-state index contributed by atoms with van der Waals surface area (Å²) in [5.74, 6) is 0.850. The fourth-order valence-electron chi connectivity index (χ4n) is 3.31. The summed E-state index contributed by atoms with van der Waals surface area (Å²) in [6.45, 7) is 1.46. The number of aromatic nitrogens is 3. The first kappa shape index (κ1) is 27.8. The van der Waals surface area contributed by atoms with E-state index in [0.717, 1.165) is 12.8 Å². The SMILES string of the molecule is CN(CCOc1cccc(Cl)c1)C(=O)Cn1cc(NC(=O)C2CCCO2)cn1.COc1cc(=O)cc[nH]1. The van der Waals surface area contributed by atoms with E-state index in [1.165, 1.54) is 30.1 Å². The first-order chi connectivity index (χ1) is 17.8. The van der Waals surface area contributed by atoms with Crippen molar-refractivity contribution in [2.24, 2.45) is 0 Å². The molecule has 0 saturated carbocycles. The van der Waals surface area contributed by atoms with Crippen molar-refractivity contribution in [1.29, 1.82) is 0 Å². The maximum Gasteiger partial charge on any atom is 0.253 e. The molecule has 11 nitrogen and oxygen atoms in total. The second kappa shape index (κ2) is 14.0. The molecule has 198 valence electrons. The maximum atomic E-state index is 12.3. The molecule has 0 spiro atoms. The van der Waals surface area contributed by atoms with Crippen LogP contribution in [-0.2, 0) is 20.9 Å². The quantitative estimate of drug-likeness (QED) is 0.434. The van der Waals surface area contributed by atoms with Gasteiger partial charge < -0.3 is 29.4 Å². The van der Waals surface area contributed by atoms with Crippen molar-refractivity contribution < 1.29 is 23.8 Å². The molecule has 2 amide bonds. The Morgan fingerprint density at radius 3 is 2.84 bits per heavy atom. The van der Waals surface area contributed by atoms with Crippen LogP contribution in [0.1, 0.15) is 12.8 Å². The van der Waals surface area contributed by atoms with Gasteiger partial charge >= 0.3 is 0 Å². The minimum Gasteiger partial charge on any atom is -0.492 e. The van der Waals surface area contributed by atoms with Crippen LogP contribution in [0.15, 0.2) is 59.8 Å². The Balaban J connectivity index is 0.000000356. The molecule has 1 aromatic carbocycles. The van der Waals surface area contributed by atoms with Gasteiger partial charge in [0.05, 0.1) is 25.5 Å². The Hall–Kier alpha value is -3.83. The topological polar surface area (TPSA) is 128 Å². The minimum atomic E-state index is -0.407. The number of H-pyrrole nitrogens is 1. The molecule has 1 saturated heterocycles. The molecule has 3 aromatic rings. The van der Waals surface area contributed by atoms with Gasteiger partial charge in [0.15, 0.2) is 11.3 Å². The van der Waals surface area contributed by atoms with Gasteiger partial charge in [0.2, 0.25) is 5.91 Å². The van der Waals surface area contributed by atoms with Gasteiger partial charge in [0.1, 0.15) is 25.0 Å². The predicted octanol–water partition coefficient (Wildman–Crippen LogP) is 2.57. The van der Waals surface area contributed by atoms with Crippen molar-refractivity contribution in [1.82, 2.24) is 19.7 Å². The van der Waals surface area contributed by atoms with Crippen molar-refractivity contribution in [3.8, 4) is 11.6 Å². The summed E-state index contributed by atoms with van der Waals surface area (Å²) >= 11 is 5.91. The number of anilines is 1. The molecular formula is C25H30ClN5O6. The van der Waals surface area contributed by atoms with E-state index in [9.17, 15) is 14.4 Å². The van der Waals surface area contributed by atoms with Gasteiger partial charge in [-0.1, -0.05) is 17.7 Å². The number of carbonyl (C=O) groups is 2. The zero-order valence-electron chi connectivity index (χ0n) is 20.7. The van der Waals surface area contributed by atoms with E-state index in [1.54, 1.807) is 42.5 Å². The number of carbonyl (C=O) groups excluding carboxylic acids is 2. The fraction of sp³-hybridized carbons (Fsp3) is 0.360. The van der Waals surface area contributed by atoms with Crippen LogP contribution in [0.2, 0.25) is 5.02 Å². The highest BCUT2D eigenvalue weighted by molar-refractivity contribution is 6.30. The molecular weight excluding hydrogens is 502 g/mol. The van der Waals surface area contributed by atoms with Crippen molar-refractivity contribution in [2.45, 2.75) is 25.5 Å². The van der Waals surface area contributed by atoms with Crippen molar-refractivity contribution in [3.05, 3.63) is 70.2 Å². The number of rotatable bonds is 9. The van der Waals surface area contributed by atoms with Gasteiger partial charge in [0, 0.05) is 43.2 Å². The molecule has 4 rings (SSSR count). The lowest BCUT2D eigenvalue weighted by Crippen LogP contribution is -2.33. The Bertz CT molecular complexity index is 1220. The Morgan fingerprint density at radius 1 is 1.32 bits per heavy atom. The van der Waals surface area contributed by atoms with Crippen molar-refractivity contribution >= 4 is 29.1 Å². The van der Waals surface area contributed by atoms with Gasteiger partial charge in [0.25, 0.3) is 5.91 Å². The summed E-state index contributed by atoms with van der Waals surface area (Å²) in [5, 5.41) is 7.48. The zero-order chi connectivity index (χ0) is 26.6. The molecule has 1 aliphatic rings. The second-order valence-corrected chi connectivity index (χ2v) is 8.57. The Labute approximate surface area is 219 Å². The standard InChI is InChI=1S/C19H23ClN4O4.C6H7NO2/c1-23(7-9-27-16-5-2-4-14(20)10-16)18(25)13-24-12-15(11-21-24)22-19(26)17-6-3-8-28-17;1-9-6-4-5(8)2-3-7-6/h2,4-5,10-12,17H,3,6-9,13H2,1H3,(H,22,26);2-4H,1H3,(H,7,8). The van der Waals surface area contributed by atoms with Crippen LogP contribution in [0.25, 0.3) is 0 Å². The van der Waals surface area contributed by atoms with Crippen LogP contribution in [0.3, 0.4) is 0 Å². The van der Waals surface area contributed by atoms with Crippen LogP contribution in [-0.4, -0.2) is 71.5 Å². The number of pyridine rings is 1. The summed E-state index contributed by atoms with van der Waals surface area (Å²) in [6.07, 6.45) is 5.89. The third-order valence-electron chi connectivity index (χ3n) is 5.30. The number of hydrogen-bond donors (Lipinski definition) is 2. The van der Waals surface area contributed by atoms with E-state index in [1.807, 2.05) is 6.07 Å². The van der Waals surface area contributed by atoms with E-state index >= 15 is 0 Å². The average molecular weight is 532 g/mol. The summed E-state index contributed by atoms with van der Waals surface area (Å²) in [6, 6.07) is 9.93. The van der Waals surface area contributed by atoms with Gasteiger partial charge in [-0.05, 0) is 31.0 Å². The molecule has 1 fully saturated rings. The van der Waals surface area contributed by atoms with E-state index < -0.39 is 6.10 Å². The monoisotopic (exact) mass is 531 g/mol. The van der Waals surface area contributed by atoms with Crippen LogP contribution < -0.4 is 20.2 Å².